The Morgan fingerprint density at radius 1 is 1.14 bits per heavy atom. The van der Waals surface area contributed by atoms with Crippen LogP contribution in [0.1, 0.15) is 17.5 Å². The van der Waals surface area contributed by atoms with E-state index < -0.39 is 31.9 Å². The van der Waals surface area contributed by atoms with E-state index in [0.29, 0.717) is 10.6 Å². The van der Waals surface area contributed by atoms with Crippen molar-refractivity contribution in [1.82, 2.24) is 9.62 Å². The first-order valence-electron chi connectivity index (χ1n) is 8.91. The first kappa shape index (κ1) is 21.6. The highest BCUT2D eigenvalue weighted by atomic mass is 35.5. The van der Waals surface area contributed by atoms with Crippen molar-refractivity contribution in [2.24, 2.45) is 0 Å². The Bertz CT molecular complexity index is 1100. The molecular formula is C19H21ClN2O5S2. The maximum atomic E-state index is 12.9. The van der Waals surface area contributed by atoms with Crippen molar-refractivity contribution in [1.29, 1.82) is 0 Å². The summed E-state index contributed by atoms with van der Waals surface area (Å²) in [5.41, 5.74) is 1.59. The topological polar surface area (TPSA) is 101 Å². The summed E-state index contributed by atoms with van der Waals surface area (Å²) in [4.78, 5) is 14.1. The number of halogens is 1. The predicted molar refractivity (Wildman–Crippen MR) is 111 cm³/mol. The van der Waals surface area contributed by atoms with Gasteiger partial charge in [-0.3, -0.25) is 0 Å². The summed E-state index contributed by atoms with van der Waals surface area (Å²) in [5.74, 6) is -0.231. The van der Waals surface area contributed by atoms with Crippen LogP contribution in [0.15, 0.2) is 53.4 Å². The molecule has 2 aromatic rings. The summed E-state index contributed by atoms with van der Waals surface area (Å²) in [6.07, 6.45) is 0.258. The molecule has 2 aromatic carbocycles. The van der Waals surface area contributed by atoms with Crippen molar-refractivity contribution >= 4 is 37.5 Å². The number of amides is 2. The first-order valence-corrected chi connectivity index (χ1v) is 12.6. The van der Waals surface area contributed by atoms with Gasteiger partial charge in [0, 0.05) is 17.6 Å². The third-order valence-corrected chi connectivity index (χ3v) is 8.07. The Morgan fingerprint density at radius 2 is 1.76 bits per heavy atom. The molecule has 7 nitrogen and oxygen atoms in total. The zero-order valence-corrected chi connectivity index (χ0v) is 18.1. The number of nitrogens with one attached hydrogen (secondary N) is 1. The molecule has 0 radical (unpaired) electrons. The average molecular weight is 457 g/mol. The lowest BCUT2D eigenvalue weighted by atomic mass is 10.1. The van der Waals surface area contributed by atoms with Crippen LogP contribution in [0.3, 0.4) is 0 Å². The largest absolute Gasteiger partial charge is 0.331 e. The van der Waals surface area contributed by atoms with Crippen molar-refractivity contribution in [3.8, 4) is 0 Å². The number of carbonyl (C=O) groups is 1. The second kappa shape index (κ2) is 8.33. The number of sulfonamides is 1. The Labute approximate surface area is 175 Å². The number of nitrogens with zero attached hydrogens (tertiary/aromatic N) is 1. The standard InChI is InChI=1S/C19H21ClN2O5S2/c1-14-2-8-18(9-3-14)29(26,27)21-19(23)22(17-10-11-28(24,25)13-17)12-15-4-6-16(20)7-5-15/h2-9,17H,10-13H2,1H3,(H,21,23). The number of sulfone groups is 1. The lowest BCUT2D eigenvalue weighted by Crippen LogP contribution is -2.48. The Kier molecular flexibility index (Phi) is 6.21. The molecule has 0 spiro atoms. The maximum absolute atomic E-state index is 12.9. The van der Waals surface area contributed by atoms with Crippen LogP contribution in [0.4, 0.5) is 4.79 Å². The van der Waals surface area contributed by atoms with Gasteiger partial charge in [-0.2, -0.15) is 0 Å². The van der Waals surface area contributed by atoms with Crippen LogP contribution in [-0.2, 0) is 26.4 Å². The van der Waals surface area contributed by atoms with Gasteiger partial charge >= 0.3 is 6.03 Å². The number of aryl methyl sites for hydroxylation is 1. The molecule has 0 bridgehead atoms. The molecule has 0 aromatic heterocycles. The summed E-state index contributed by atoms with van der Waals surface area (Å²) < 4.78 is 51.1. The number of benzene rings is 2. The molecule has 10 heteroatoms. The van der Waals surface area contributed by atoms with Gasteiger partial charge in [-0.25, -0.2) is 26.4 Å². The minimum atomic E-state index is -4.09. The Morgan fingerprint density at radius 3 is 2.31 bits per heavy atom. The average Bonchev–Trinajstić information content (AvgIpc) is 3.00. The molecule has 0 aliphatic carbocycles. The van der Waals surface area contributed by atoms with Crippen LogP contribution in [0.25, 0.3) is 0 Å². The molecule has 1 heterocycles. The van der Waals surface area contributed by atoms with Gasteiger partial charge in [-0.15, -0.1) is 0 Å². The summed E-state index contributed by atoms with van der Waals surface area (Å²) in [7, 11) is -7.36. The van der Waals surface area contributed by atoms with Crippen LogP contribution in [0.2, 0.25) is 5.02 Å². The molecule has 1 unspecified atom stereocenters. The second-order valence-electron chi connectivity index (χ2n) is 7.03. The zero-order chi connectivity index (χ0) is 21.2. The fourth-order valence-corrected chi connectivity index (χ4v) is 5.94. The highest BCUT2D eigenvalue weighted by molar-refractivity contribution is 7.91. The van der Waals surface area contributed by atoms with E-state index in [4.69, 9.17) is 11.6 Å². The number of rotatable bonds is 5. The van der Waals surface area contributed by atoms with Crippen molar-refractivity contribution in [2.75, 3.05) is 11.5 Å². The Hall–Kier alpha value is -2.10. The van der Waals surface area contributed by atoms with E-state index in [-0.39, 0.29) is 29.4 Å². The summed E-state index contributed by atoms with van der Waals surface area (Å²) in [6.45, 7) is 1.88. The SMILES string of the molecule is Cc1ccc(S(=O)(=O)NC(=O)N(Cc2ccc(Cl)cc2)C2CCS(=O)(=O)C2)cc1. The smallest absolute Gasteiger partial charge is 0.316 e. The third-order valence-electron chi connectivity index (χ3n) is 4.73. The minimum absolute atomic E-state index is 0.0349. The molecule has 1 saturated heterocycles. The Balaban J connectivity index is 1.85. The fraction of sp³-hybridized carbons (Fsp3) is 0.316. The van der Waals surface area contributed by atoms with Crippen LogP contribution >= 0.6 is 11.6 Å². The van der Waals surface area contributed by atoms with Crippen molar-refractivity contribution < 1.29 is 21.6 Å². The molecule has 3 rings (SSSR count). The predicted octanol–water partition coefficient (Wildman–Crippen LogP) is 2.74. The van der Waals surface area contributed by atoms with Gasteiger partial charge in [-0.05, 0) is 43.2 Å². The maximum Gasteiger partial charge on any atom is 0.331 e. The number of hydrogen-bond acceptors (Lipinski definition) is 5. The highest BCUT2D eigenvalue weighted by Crippen LogP contribution is 2.22. The van der Waals surface area contributed by atoms with E-state index in [9.17, 15) is 21.6 Å². The van der Waals surface area contributed by atoms with Crippen LogP contribution < -0.4 is 4.72 Å². The van der Waals surface area contributed by atoms with Gasteiger partial charge in [0.1, 0.15) is 0 Å². The van der Waals surface area contributed by atoms with Gasteiger partial charge in [-0.1, -0.05) is 41.4 Å². The fourth-order valence-electron chi connectivity index (χ4n) is 3.12. The normalized spacial score (nSPS) is 18.3. The summed E-state index contributed by atoms with van der Waals surface area (Å²) in [6, 6.07) is 11.3. The van der Waals surface area contributed by atoms with Gasteiger partial charge in [0.05, 0.1) is 16.4 Å². The molecule has 1 N–H and O–H groups in total. The minimum Gasteiger partial charge on any atom is -0.316 e. The van der Waals surface area contributed by atoms with E-state index in [1.165, 1.54) is 17.0 Å². The number of urea groups is 1. The van der Waals surface area contributed by atoms with Crippen molar-refractivity contribution in [3.05, 3.63) is 64.7 Å². The van der Waals surface area contributed by atoms with E-state index in [2.05, 4.69) is 4.72 Å². The molecular weight excluding hydrogens is 436 g/mol. The lowest BCUT2D eigenvalue weighted by Gasteiger charge is -2.28. The van der Waals surface area contributed by atoms with Gasteiger partial charge in [0.25, 0.3) is 10.0 Å². The second-order valence-corrected chi connectivity index (χ2v) is 11.4. The number of hydrogen-bond donors (Lipinski definition) is 1. The van der Waals surface area contributed by atoms with Gasteiger partial charge in [0.2, 0.25) is 0 Å². The van der Waals surface area contributed by atoms with Crippen LogP contribution in [0, 0.1) is 6.92 Å². The van der Waals surface area contributed by atoms with E-state index in [0.717, 1.165) is 5.56 Å². The van der Waals surface area contributed by atoms with E-state index >= 15 is 0 Å². The summed E-state index contributed by atoms with van der Waals surface area (Å²) in [5, 5.41) is 0.523. The molecule has 1 aliphatic rings. The monoisotopic (exact) mass is 456 g/mol. The molecule has 29 heavy (non-hydrogen) atoms. The molecule has 0 saturated carbocycles. The third kappa shape index (κ3) is 5.49. The van der Waals surface area contributed by atoms with Crippen molar-refractivity contribution in [3.63, 3.8) is 0 Å². The van der Waals surface area contributed by atoms with E-state index in [1.807, 2.05) is 6.92 Å². The molecule has 1 fully saturated rings. The molecule has 2 amide bonds. The lowest BCUT2D eigenvalue weighted by molar-refractivity contribution is 0.182. The molecule has 1 aliphatic heterocycles. The van der Waals surface area contributed by atoms with Crippen molar-refractivity contribution in [2.45, 2.75) is 30.8 Å². The molecule has 156 valence electrons. The highest BCUT2D eigenvalue weighted by Gasteiger charge is 2.36. The van der Waals surface area contributed by atoms with E-state index in [1.54, 1.807) is 36.4 Å². The van der Waals surface area contributed by atoms with Crippen LogP contribution in [0.5, 0.6) is 0 Å². The van der Waals surface area contributed by atoms with Gasteiger partial charge < -0.3 is 4.90 Å². The zero-order valence-electron chi connectivity index (χ0n) is 15.7. The molecule has 1 atom stereocenters. The van der Waals surface area contributed by atoms with Gasteiger partial charge in [0.15, 0.2) is 9.84 Å². The number of carbonyl (C=O) groups excluding carboxylic acids is 1. The quantitative estimate of drug-likeness (QED) is 0.745. The summed E-state index contributed by atoms with van der Waals surface area (Å²) >= 11 is 5.89. The first-order chi connectivity index (χ1) is 13.6. The van der Waals surface area contributed by atoms with Crippen LogP contribution in [-0.4, -0.2) is 45.3 Å².